The monoisotopic (exact) mass is 171 g/mol. The van der Waals surface area contributed by atoms with E-state index < -0.39 is 11.2 Å². The third-order valence-electron chi connectivity index (χ3n) is 1.34. The summed E-state index contributed by atoms with van der Waals surface area (Å²) >= 11 is 0. The SMILES string of the molecule is CCN(O)n1ccc(=O)[nH]c1=O. The molecule has 1 heterocycles. The first-order chi connectivity index (χ1) is 5.65. The molecule has 0 amide bonds. The topological polar surface area (TPSA) is 78.3 Å². The fraction of sp³-hybridized carbons (Fsp3) is 0.333. The van der Waals surface area contributed by atoms with E-state index in [2.05, 4.69) is 0 Å². The molecule has 0 aliphatic rings. The van der Waals surface area contributed by atoms with Crippen molar-refractivity contribution in [2.24, 2.45) is 0 Å². The molecule has 0 atom stereocenters. The van der Waals surface area contributed by atoms with Crippen LogP contribution in [0.25, 0.3) is 0 Å². The van der Waals surface area contributed by atoms with E-state index in [0.29, 0.717) is 5.17 Å². The Kier molecular flexibility index (Phi) is 2.29. The Morgan fingerprint density at radius 3 is 2.83 bits per heavy atom. The normalized spacial score (nSPS) is 9.83. The molecule has 1 aromatic rings. The molecular weight excluding hydrogens is 162 g/mol. The maximum Gasteiger partial charge on any atom is 0.348 e. The van der Waals surface area contributed by atoms with Gasteiger partial charge in [0.1, 0.15) is 0 Å². The number of hydrogen-bond donors (Lipinski definition) is 2. The lowest BCUT2D eigenvalue weighted by molar-refractivity contribution is 0.171. The number of nitrogens with zero attached hydrogens (tertiary/aromatic N) is 2. The van der Waals surface area contributed by atoms with Crippen molar-refractivity contribution >= 4 is 0 Å². The van der Waals surface area contributed by atoms with E-state index in [0.717, 1.165) is 10.7 Å². The van der Waals surface area contributed by atoms with Gasteiger partial charge in [-0.1, -0.05) is 0 Å². The Labute approximate surface area is 67.6 Å². The Morgan fingerprint density at radius 2 is 2.33 bits per heavy atom. The van der Waals surface area contributed by atoms with Gasteiger partial charge in [0.05, 0.1) is 6.54 Å². The molecular formula is C6H9N3O3. The average Bonchev–Trinajstić information content (AvgIpc) is 2.03. The van der Waals surface area contributed by atoms with Gasteiger partial charge in [0.15, 0.2) is 0 Å². The molecule has 0 spiro atoms. The highest BCUT2D eigenvalue weighted by atomic mass is 16.5. The van der Waals surface area contributed by atoms with Gasteiger partial charge < -0.3 is 0 Å². The molecule has 6 heteroatoms. The molecule has 1 aromatic heterocycles. The average molecular weight is 171 g/mol. The van der Waals surface area contributed by atoms with Crippen LogP contribution in [0.3, 0.4) is 0 Å². The van der Waals surface area contributed by atoms with Crippen molar-refractivity contribution in [1.82, 2.24) is 9.66 Å². The molecule has 0 fully saturated rings. The lowest BCUT2D eigenvalue weighted by atomic mass is 10.6. The second-order valence-corrected chi connectivity index (χ2v) is 2.14. The highest BCUT2D eigenvalue weighted by Gasteiger charge is 1.99. The highest BCUT2D eigenvalue weighted by molar-refractivity contribution is 4.85. The van der Waals surface area contributed by atoms with Gasteiger partial charge in [0.2, 0.25) is 0 Å². The molecule has 0 bridgehead atoms. The summed E-state index contributed by atoms with van der Waals surface area (Å²) in [6, 6.07) is 1.15. The molecule has 66 valence electrons. The van der Waals surface area contributed by atoms with E-state index in [-0.39, 0.29) is 6.54 Å². The number of nitrogens with one attached hydrogen (secondary N) is 1. The lowest BCUT2D eigenvalue weighted by Crippen LogP contribution is -2.42. The van der Waals surface area contributed by atoms with Crippen LogP contribution < -0.4 is 16.4 Å². The largest absolute Gasteiger partial charge is 0.348 e. The first-order valence-electron chi connectivity index (χ1n) is 3.44. The van der Waals surface area contributed by atoms with Crippen LogP contribution in [0, 0.1) is 0 Å². The molecule has 0 unspecified atom stereocenters. The van der Waals surface area contributed by atoms with Crippen LogP contribution in [-0.2, 0) is 0 Å². The van der Waals surface area contributed by atoms with E-state index in [1.807, 2.05) is 4.98 Å². The molecule has 0 aromatic carbocycles. The first-order valence-corrected chi connectivity index (χ1v) is 3.44. The number of aromatic nitrogens is 2. The standard InChI is InChI=1S/C6H9N3O3/c1-2-9(12)8-4-3-5(10)7-6(8)11/h3-4,12H,2H2,1H3,(H,7,10,11). The van der Waals surface area contributed by atoms with Gasteiger partial charge >= 0.3 is 5.69 Å². The van der Waals surface area contributed by atoms with Crippen molar-refractivity contribution in [3.8, 4) is 0 Å². The van der Waals surface area contributed by atoms with E-state index in [9.17, 15) is 9.59 Å². The second-order valence-electron chi connectivity index (χ2n) is 2.14. The predicted molar refractivity (Wildman–Crippen MR) is 41.9 cm³/mol. The van der Waals surface area contributed by atoms with Gasteiger partial charge in [-0.15, -0.1) is 0 Å². The first kappa shape index (κ1) is 8.54. The van der Waals surface area contributed by atoms with Crippen molar-refractivity contribution in [3.05, 3.63) is 33.1 Å². The molecule has 1 rings (SSSR count). The quantitative estimate of drug-likeness (QED) is 0.553. The van der Waals surface area contributed by atoms with Crippen LogP contribution in [0.15, 0.2) is 21.9 Å². The summed E-state index contributed by atoms with van der Waals surface area (Å²) in [6.07, 6.45) is 1.20. The second kappa shape index (κ2) is 3.22. The molecule has 0 saturated heterocycles. The molecule has 0 aliphatic carbocycles. The summed E-state index contributed by atoms with van der Waals surface area (Å²) in [7, 11) is 0. The Balaban J connectivity index is 3.19. The number of H-pyrrole nitrogens is 1. The summed E-state index contributed by atoms with van der Waals surface area (Å²) in [4.78, 5) is 23.5. The summed E-state index contributed by atoms with van der Waals surface area (Å²) < 4.78 is 0.904. The van der Waals surface area contributed by atoms with Gasteiger partial charge in [-0.05, 0) is 6.92 Å². The summed E-state index contributed by atoms with van der Waals surface area (Å²) in [5.74, 6) is 0. The van der Waals surface area contributed by atoms with Gasteiger partial charge in [-0.2, -0.15) is 9.85 Å². The van der Waals surface area contributed by atoms with Crippen molar-refractivity contribution in [3.63, 3.8) is 0 Å². The number of aromatic amines is 1. The molecule has 0 radical (unpaired) electrons. The zero-order chi connectivity index (χ0) is 9.14. The van der Waals surface area contributed by atoms with Crippen LogP contribution in [0.1, 0.15) is 6.92 Å². The zero-order valence-corrected chi connectivity index (χ0v) is 6.52. The van der Waals surface area contributed by atoms with Crippen LogP contribution in [0.5, 0.6) is 0 Å². The van der Waals surface area contributed by atoms with Gasteiger partial charge in [-0.25, -0.2) is 4.79 Å². The maximum atomic E-state index is 10.9. The molecule has 2 N–H and O–H groups in total. The Bertz CT molecular complexity index is 367. The minimum absolute atomic E-state index is 0.256. The molecule has 12 heavy (non-hydrogen) atoms. The van der Waals surface area contributed by atoms with Gasteiger partial charge in [0, 0.05) is 12.3 Å². The van der Waals surface area contributed by atoms with Gasteiger partial charge in [-0.3, -0.25) is 15.0 Å². The van der Waals surface area contributed by atoms with Crippen molar-refractivity contribution < 1.29 is 5.21 Å². The molecule has 0 aliphatic heterocycles. The zero-order valence-electron chi connectivity index (χ0n) is 6.52. The minimum Gasteiger partial charge on any atom is -0.273 e. The predicted octanol–water partition coefficient (Wildman–Crippen LogP) is -1.12. The van der Waals surface area contributed by atoms with E-state index in [1.54, 1.807) is 6.92 Å². The fourth-order valence-corrected chi connectivity index (χ4v) is 0.744. The van der Waals surface area contributed by atoms with E-state index in [1.165, 1.54) is 6.20 Å². The highest BCUT2D eigenvalue weighted by Crippen LogP contribution is 1.76. The minimum atomic E-state index is -0.660. The Morgan fingerprint density at radius 1 is 1.67 bits per heavy atom. The fourth-order valence-electron chi connectivity index (χ4n) is 0.744. The number of hydroxylamine groups is 1. The summed E-state index contributed by atoms with van der Waals surface area (Å²) in [6.45, 7) is 1.92. The third-order valence-corrected chi connectivity index (χ3v) is 1.34. The van der Waals surface area contributed by atoms with Crippen LogP contribution in [-0.4, -0.2) is 21.4 Å². The smallest absolute Gasteiger partial charge is 0.273 e. The number of hydrogen-bond acceptors (Lipinski definition) is 4. The van der Waals surface area contributed by atoms with Crippen molar-refractivity contribution in [2.45, 2.75) is 6.92 Å². The maximum absolute atomic E-state index is 10.9. The van der Waals surface area contributed by atoms with Crippen molar-refractivity contribution in [2.75, 3.05) is 11.7 Å². The van der Waals surface area contributed by atoms with Crippen LogP contribution in [0.2, 0.25) is 0 Å². The molecule has 0 saturated carbocycles. The molecule has 6 nitrogen and oxygen atoms in total. The summed E-state index contributed by atoms with van der Waals surface area (Å²) in [5.41, 5.74) is -1.15. The van der Waals surface area contributed by atoms with E-state index >= 15 is 0 Å². The Hall–Kier alpha value is -1.56. The van der Waals surface area contributed by atoms with Crippen LogP contribution >= 0.6 is 0 Å². The third kappa shape index (κ3) is 1.54. The van der Waals surface area contributed by atoms with Crippen LogP contribution in [0.4, 0.5) is 0 Å². The van der Waals surface area contributed by atoms with E-state index in [4.69, 9.17) is 5.21 Å². The van der Waals surface area contributed by atoms with Gasteiger partial charge in [0.25, 0.3) is 5.56 Å². The van der Waals surface area contributed by atoms with Crippen molar-refractivity contribution in [1.29, 1.82) is 0 Å². The lowest BCUT2D eigenvalue weighted by Gasteiger charge is -2.14. The number of rotatable bonds is 2. The summed E-state index contributed by atoms with van der Waals surface area (Å²) in [5, 5.41) is 9.77.